The first kappa shape index (κ1) is 14.3. The van der Waals surface area contributed by atoms with Crippen LogP contribution in [0.15, 0.2) is 18.2 Å². The van der Waals surface area contributed by atoms with Crippen LogP contribution in [-0.4, -0.2) is 38.8 Å². The lowest BCUT2D eigenvalue weighted by atomic mass is 10.1. The zero-order valence-electron chi connectivity index (χ0n) is 12.7. The second-order valence-corrected chi connectivity index (χ2v) is 6.38. The van der Waals surface area contributed by atoms with Gasteiger partial charge in [0.15, 0.2) is 11.3 Å². The molecule has 1 saturated heterocycles. The Bertz CT molecular complexity index is 654. The van der Waals surface area contributed by atoms with E-state index < -0.39 is 0 Å². The predicted molar refractivity (Wildman–Crippen MR) is 87.9 cm³/mol. The summed E-state index contributed by atoms with van der Waals surface area (Å²) < 4.78 is 11.0. The minimum Gasteiger partial charge on any atom is -0.496 e. The third-order valence-electron chi connectivity index (χ3n) is 3.92. The average Bonchev–Trinajstić information content (AvgIpc) is 2.54. The normalized spacial score (nSPS) is 15.3. The molecule has 2 aromatic rings. The van der Waals surface area contributed by atoms with Crippen LogP contribution >= 0.6 is 11.8 Å². The number of hydrogen-bond donors (Lipinski definition) is 0. The first-order valence-electron chi connectivity index (χ1n) is 7.15. The van der Waals surface area contributed by atoms with Gasteiger partial charge in [0.05, 0.1) is 32.7 Å². The van der Waals surface area contributed by atoms with Gasteiger partial charge in [0.2, 0.25) is 0 Å². The van der Waals surface area contributed by atoms with Crippen LogP contribution in [0.4, 0.5) is 5.82 Å². The van der Waals surface area contributed by atoms with Gasteiger partial charge in [0, 0.05) is 17.6 Å². The molecule has 0 spiro atoms. The fraction of sp³-hybridized carbons (Fsp3) is 0.438. The number of hydrogen-bond acceptors (Lipinski definition) is 4. The molecule has 0 bridgehead atoms. The summed E-state index contributed by atoms with van der Waals surface area (Å²) in [6, 6.07) is 6.12. The number of thioether (sulfide) groups is 1. The number of pyridine rings is 1. The quantitative estimate of drug-likeness (QED) is 0.873. The molecule has 21 heavy (non-hydrogen) atoms. The summed E-state index contributed by atoms with van der Waals surface area (Å²) in [4.78, 5) is 5.95. The van der Waals surface area contributed by atoms with Gasteiger partial charge in [-0.15, -0.1) is 0 Å². The van der Waals surface area contributed by atoms with E-state index in [-0.39, 0.29) is 0 Å². The zero-order chi connectivity index (χ0) is 14.8. The van der Waals surface area contributed by atoms with Crippen molar-refractivity contribution in [2.24, 2.45) is 0 Å². The highest BCUT2D eigenvalue weighted by atomic mass is 32.2. The maximum absolute atomic E-state index is 5.51. The number of nitrogens with zero attached hydrogens (tertiary/aromatic N) is 1. The second-order valence-electron chi connectivity index (χ2n) is 5.16. The van der Waals surface area contributed by atoms with Crippen LogP contribution in [0.3, 0.4) is 0 Å². The summed E-state index contributed by atoms with van der Waals surface area (Å²) in [5.41, 5.74) is 2.21. The van der Waals surface area contributed by atoms with Crippen molar-refractivity contribution in [3.8, 4) is 11.5 Å². The topological polar surface area (TPSA) is 35.8 Å². The smallest absolute Gasteiger partial charge is 0.275 e. The van der Waals surface area contributed by atoms with E-state index in [1.165, 1.54) is 17.1 Å². The van der Waals surface area contributed by atoms with Gasteiger partial charge >= 0.3 is 0 Å². The SMILES string of the molecule is COc1ccc(OC)c2c(C)cc(N3CCSCC3)[nH+]c12. The number of anilines is 1. The molecule has 3 rings (SSSR count). The Kier molecular flexibility index (Phi) is 4.10. The van der Waals surface area contributed by atoms with Gasteiger partial charge in [-0.2, -0.15) is 11.8 Å². The van der Waals surface area contributed by atoms with Crippen LogP contribution in [0.25, 0.3) is 10.9 Å². The van der Waals surface area contributed by atoms with Gasteiger partial charge in [-0.1, -0.05) is 0 Å². The van der Waals surface area contributed by atoms with Gasteiger partial charge in [-0.25, -0.2) is 4.98 Å². The van der Waals surface area contributed by atoms with Gasteiger partial charge in [0.1, 0.15) is 5.75 Å². The van der Waals surface area contributed by atoms with Crippen molar-refractivity contribution >= 4 is 28.5 Å². The molecule has 0 unspecified atom stereocenters. The Labute approximate surface area is 129 Å². The molecule has 4 nitrogen and oxygen atoms in total. The summed E-state index contributed by atoms with van der Waals surface area (Å²) in [5.74, 6) is 5.25. The molecule has 2 heterocycles. The summed E-state index contributed by atoms with van der Waals surface area (Å²) in [5, 5.41) is 1.09. The molecule has 1 N–H and O–H groups in total. The van der Waals surface area contributed by atoms with E-state index in [1.807, 2.05) is 23.9 Å². The standard InChI is InChI=1S/C16H20N2O2S/c1-11-10-14(18-6-8-21-9-7-18)17-16-13(20-3)5-4-12(19-2)15(11)16/h4-5,10H,6-9H2,1-3H3/p+1. The number of H-pyrrole nitrogens is 1. The van der Waals surface area contributed by atoms with E-state index in [0.717, 1.165) is 41.3 Å². The highest BCUT2D eigenvalue weighted by molar-refractivity contribution is 7.99. The van der Waals surface area contributed by atoms with Crippen LogP contribution in [-0.2, 0) is 0 Å². The van der Waals surface area contributed by atoms with Crippen molar-refractivity contribution in [1.29, 1.82) is 0 Å². The van der Waals surface area contributed by atoms with Crippen molar-refractivity contribution in [2.75, 3.05) is 43.7 Å². The van der Waals surface area contributed by atoms with Crippen LogP contribution in [0.2, 0.25) is 0 Å². The Morgan fingerprint density at radius 1 is 1.10 bits per heavy atom. The van der Waals surface area contributed by atoms with E-state index in [1.54, 1.807) is 14.2 Å². The largest absolute Gasteiger partial charge is 0.496 e. The number of benzene rings is 1. The van der Waals surface area contributed by atoms with Gasteiger partial charge in [-0.05, 0) is 24.6 Å². The molecule has 0 aliphatic carbocycles. The van der Waals surface area contributed by atoms with Crippen molar-refractivity contribution in [3.63, 3.8) is 0 Å². The number of fused-ring (bicyclic) bond motifs is 1. The molecule has 1 aliphatic heterocycles. The number of nitrogens with one attached hydrogen (secondary N) is 1. The van der Waals surface area contributed by atoms with Gasteiger partial charge < -0.3 is 9.47 Å². The third kappa shape index (κ3) is 2.62. The molecule has 1 aromatic carbocycles. The maximum Gasteiger partial charge on any atom is 0.275 e. The number of methoxy groups -OCH3 is 2. The van der Waals surface area contributed by atoms with E-state index in [9.17, 15) is 0 Å². The van der Waals surface area contributed by atoms with Crippen molar-refractivity contribution in [1.82, 2.24) is 0 Å². The van der Waals surface area contributed by atoms with Crippen molar-refractivity contribution in [3.05, 3.63) is 23.8 Å². The fourth-order valence-electron chi connectivity index (χ4n) is 2.84. The van der Waals surface area contributed by atoms with Crippen LogP contribution < -0.4 is 19.4 Å². The third-order valence-corrected chi connectivity index (χ3v) is 4.86. The molecule has 112 valence electrons. The van der Waals surface area contributed by atoms with Crippen molar-refractivity contribution in [2.45, 2.75) is 6.92 Å². The van der Waals surface area contributed by atoms with E-state index in [2.05, 4.69) is 22.9 Å². The number of aromatic amines is 1. The highest BCUT2D eigenvalue weighted by Crippen LogP contribution is 2.34. The van der Waals surface area contributed by atoms with Gasteiger partial charge in [-0.3, -0.25) is 4.90 Å². The molecule has 0 atom stereocenters. The van der Waals surface area contributed by atoms with Crippen LogP contribution in [0.1, 0.15) is 5.56 Å². The zero-order valence-corrected chi connectivity index (χ0v) is 13.5. The molecule has 1 aliphatic rings. The molecular formula is C16H21N2O2S+. The van der Waals surface area contributed by atoms with E-state index >= 15 is 0 Å². The molecule has 0 amide bonds. The maximum atomic E-state index is 5.51. The molecule has 1 fully saturated rings. The predicted octanol–water partition coefficient (Wildman–Crippen LogP) is 2.53. The molecule has 5 heteroatoms. The molecule has 0 radical (unpaired) electrons. The van der Waals surface area contributed by atoms with Gasteiger partial charge in [0.25, 0.3) is 5.82 Å². The molecule has 0 saturated carbocycles. The van der Waals surface area contributed by atoms with Crippen LogP contribution in [0.5, 0.6) is 11.5 Å². The lowest BCUT2D eigenvalue weighted by Gasteiger charge is -2.21. The van der Waals surface area contributed by atoms with E-state index in [4.69, 9.17) is 9.47 Å². The Balaban J connectivity index is 2.17. The summed E-state index contributed by atoms with van der Waals surface area (Å²) in [6.07, 6.45) is 0. The lowest BCUT2D eigenvalue weighted by Crippen LogP contribution is -2.36. The average molecular weight is 305 g/mol. The summed E-state index contributed by atoms with van der Waals surface area (Å²) in [6.45, 7) is 4.29. The van der Waals surface area contributed by atoms with Crippen LogP contribution in [0, 0.1) is 6.92 Å². The lowest BCUT2D eigenvalue weighted by molar-refractivity contribution is -0.331. The van der Waals surface area contributed by atoms with Crippen molar-refractivity contribution < 1.29 is 14.5 Å². The summed E-state index contributed by atoms with van der Waals surface area (Å²) in [7, 11) is 3.41. The Morgan fingerprint density at radius 3 is 2.43 bits per heavy atom. The number of aromatic nitrogens is 1. The number of ether oxygens (including phenoxy) is 2. The summed E-state index contributed by atoms with van der Waals surface area (Å²) >= 11 is 2.01. The Morgan fingerprint density at radius 2 is 1.76 bits per heavy atom. The highest BCUT2D eigenvalue weighted by Gasteiger charge is 2.22. The number of rotatable bonds is 3. The second kappa shape index (κ2) is 6.02. The fourth-order valence-corrected chi connectivity index (χ4v) is 3.74. The minimum atomic E-state index is 0.849. The molecular weight excluding hydrogens is 284 g/mol. The minimum absolute atomic E-state index is 0.849. The first-order chi connectivity index (χ1) is 10.2. The Hall–Kier alpha value is -1.62. The monoisotopic (exact) mass is 305 g/mol. The van der Waals surface area contributed by atoms with E-state index in [0.29, 0.717) is 0 Å². The molecule has 1 aromatic heterocycles. The first-order valence-corrected chi connectivity index (χ1v) is 8.30. The number of aryl methyl sites for hydroxylation is 1.